The van der Waals surface area contributed by atoms with E-state index < -0.39 is 10.4 Å². The van der Waals surface area contributed by atoms with Crippen LogP contribution in [0, 0.1) is 0 Å². The molecule has 57 heavy (non-hydrogen) atoms. The van der Waals surface area contributed by atoms with Crippen LogP contribution < -0.4 is 21.3 Å². The summed E-state index contributed by atoms with van der Waals surface area (Å²) in [5.41, 5.74) is 0. The quantitative estimate of drug-likeness (QED) is 0.0301. The molecule has 0 saturated heterocycles. The number of urea groups is 2. The molecule has 0 aromatic heterocycles. The van der Waals surface area contributed by atoms with Gasteiger partial charge in [0.25, 0.3) is 0 Å². The first-order valence-electron chi connectivity index (χ1n) is 23.2. The van der Waals surface area contributed by atoms with Crippen LogP contribution in [0.1, 0.15) is 172 Å². The van der Waals surface area contributed by atoms with Crippen LogP contribution in [0.4, 0.5) is 9.59 Å². The largest absolute Gasteiger partial charge is 0.759 e. The Morgan fingerprint density at radius 2 is 0.632 bits per heavy atom. The molecule has 346 valence electrons. The van der Waals surface area contributed by atoms with Crippen LogP contribution in [0.5, 0.6) is 0 Å². The van der Waals surface area contributed by atoms with Gasteiger partial charge in [-0.05, 0) is 72.3 Å². The fourth-order valence-electron chi connectivity index (χ4n) is 6.57. The fraction of sp³-hybridized carbons (Fsp3) is 0.953. The van der Waals surface area contributed by atoms with E-state index in [1.165, 1.54) is 164 Å². The predicted octanol–water partition coefficient (Wildman–Crippen LogP) is 8.23. The van der Waals surface area contributed by atoms with Crippen molar-refractivity contribution < 1.29 is 36.1 Å². The van der Waals surface area contributed by atoms with E-state index in [9.17, 15) is 9.59 Å². The van der Waals surface area contributed by atoms with E-state index in [4.69, 9.17) is 17.5 Å². The maximum absolute atomic E-state index is 11.1. The van der Waals surface area contributed by atoms with Crippen molar-refractivity contribution in [1.29, 1.82) is 0 Å². The van der Waals surface area contributed by atoms with E-state index in [1.807, 2.05) is 25.8 Å². The van der Waals surface area contributed by atoms with Gasteiger partial charge in [-0.3, -0.25) is 8.42 Å². The number of carbonyl (C=O) groups is 2. The highest BCUT2D eigenvalue weighted by Crippen LogP contribution is 2.17. The van der Waals surface area contributed by atoms with Gasteiger partial charge in [0.15, 0.2) is 0 Å². The van der Waals surface area contributed by atoms with Crippen molar-refractivity contribution in [3.05, 3.63) is 0 Å². The van der Waals surface area contributed by atoms with Crippen LogP contribution in [0.25, 0.3) is 0 Å². The summed E-state index contributed by atoms with van der Waals surface area (Å²) in [6.07, 6.45) is 22.1. The summed E-state index contributed by atoms with van der Waals surface area (Å²) in [6, 6.07) is -0.294. The number of amides is 4. The predicted molar refractivity (Wildman–Crippen MR) is 241 cm³/mol. The Balaban J connectivity index is -0.000000348. The fourth-order valence-corrected chi connectivity index (χ4v) is 6.57. The van der Waals surface area contributed by atoms with Gasteiger partial charge in [0, 0.05) is 49.7 Å². The van der Waals surface area contributed by atoms with Crippen molar-refractivity contribution in [2.24, 2.45) is 0 Å². The molecule has 0 aliphatic heterocycles. The molecule has 4 N–H and O–H groups in total. The molecule has 0 spiro atoms. The third kappa shape index (κ3) is 46.8. The number of unbranched alkanes of at least 4 members (excludes halogenated alkanes) is 8. The van der Waals surface area contributed by atoms with E-state index in [2.05, 4.69) is 76.7 Å². The molecule has 14 heteroatoms. The lowest BCUT2D eigenvalue weighted by atomic mass is 10.1. The zero-order valence-corrected chi connectivity index (χ0v) is 40.2. The average molecular weight is 840 g/mol. The van der Waals surface area contributed by atoms with Gasteiger partial charge in [0.05, 0.1) is 52.4 Å². The van der Waals surface area contributed by atoms with Crippen LogP contribution in [-0.4, -0.2) is 142 Å². The topological polar surface area (TPSA) is 166 Å². The van der Waals surface area contributed by atoms with E-state index >= 15 is 0 Å². The molecule has 0 fully saturated rings. The standard InChI is InChI=1S/2C16H36N.C11H25N5O2.H2O4S/c2*1-5-9-13-17(14-10-6-2,15-11-7-3)16-12-8-4;1-4-12-10(17)14-6-8-16(3)9-7-15-11(18)13-5-2;1-5(2,3)4/h2*5-16H2,1-4H3;4-9H2,1-3H3,(H2,12,14,17)(H2,13,15,18);(H2,1,2,3,4)/q2*+1;;/p-2. The van der Waals surface area contributed by atoms with Crippen molar-refractivity contribution in [1.82, 2.24) is 26.2 Å². The van der Waals surface area contributed by atoms with Crippen molar-refractivity contribution >= 4 is 22.5 Å². The Kier molecular flexibility index (Phi) is 47.7. The van der Waals surface area contributed by atoms with Crippen molar-refractivity contribution in [3.63, 3.8) is 0 Å². The summed E-state index contributed by atoms with van der Waals surface area (Å²) in [5.74, 6) is 0. The Hall–Kier alpha value is -1.71. The Bertz CT molecular complexity index is 833. The highest BCUT2D eigenvalue weighted by atomic mass is 32.3. The van der Waals surface area contributed by atoms with Crippen LogP contribution in [0.15, 0.2) is 0 Å². The number of hydrogen-bond donors (Lipinski definition) is 4. The number of quaternary nitrogens is 2. The molecule has 0 heterocycles. The SMILES string of the molecule is CCCC[N+](CCCC)(CCCC)CCCC.CCCC[N+](CCCC)(CCCC)CCCC.CCNC(=O)NCCN(C)CCNC(=O)NCC.O=S(=O)([O-])[O-]. The number of hydrogen-bond acceptors (Lipinski definition) is 7. The van der Waals surface area contributed by atoms with Gasteiger partial charge in [-0.25, -0.2) is 9.59 Å². The minimum atomic E-state index is -5.17. The third-order valence-corrected chi connectivity index (χ3v) is 10.1. The zero-order chi connectivity index (χ0) is 44.3. The molecule has 0 radical (unpaired) electrons. The van der Waals surface area contributed by atoms with Gasteiger partial charge in [-0.15, -0.1) is 0 Å². The van der Waals surface area contributed by atoms with E-state index in [-0.39, 0.29) is 12.1 Å². The molecule has 13 nitrogen and oxygen atoms in total. The summed E-state index contributed by atoms with van der Waals surface area (Å²) < 4.78 is 36.9. The summed E-state index contributed by atoms with van der Waals surface area (Å²) >= 11 is 0. The summed E-state index contributed by atoms with van der Waals surface area (Å²) in [5, 5.41) is 10.8. The molecule has 0 unspecified atom stereocenters. The van der Waals surface area contributed by atoms with Gasteiger partial charge in [0.2, 0.25) is 0 Å². The lowest BCUT2D eigenvalue weighted by Crippen LogP contribution is -2.50. The maximum Gasteiger partial charge on any atom is 0.314 e. The molecule has 4 amide bonds. The van der Waals surface area contributed by atoms with Crippen LogP contribution in [0.2, 0.25) is 0 Å². The molecule has 0 bridgehead atoms. The number of carbonyl (C=O) groups excluding carboxylic acids is 2. The second-order valence-electron chi connectivity index (χ2n) is 15.6. The number of nitrogens with zero attached hydrogens (tertiary/aromatic N) is 3. The molecule has 0 aromatic carbocycles. The summed E-state index contributed by atoms with van der Waals surface area (Å²) in [4.78, 5) is 24.2. The molecule has 0 aromatic rings. The zero-order valence-electron chi connectivity index (χ0n) is 39.4. The van der Waals surface area contributed by atoms with E-state index in [0.717, 1.165) is 13.1 Å². The number of rotatable bonds is 32. The normalized spacial score (nSPS) is 11.3. The van der Waals surface area contributed by atoms with Crippen molar-refractivity contribution in [2.75, 3.05) is 98.7 Å². The summed E-state index contributed by atoms with van der Waals surface area (Å²) in [6.45, 7) is 37.7. The Morgan fingerprint density at radius 3 is 0.789 bits per heavy atom. The molecule has 0 atom stereocenters. The minimum absolute atomic E-state index is 0.147. The average Bonchev–Trinajstić information content (AvgIpc) is 3.17. The maximum atomic E-state index is 11.1. The van der Waals surface area contributed by atoms with Crippen LogP contribution >= 0.6 is 0 Å². The first kappa shape index (κ1) is 61.9. The lowest BCUT2D eigenvalue weighted by Gasteiger charge is -2.39. The van der Waals surface area contributed by atoms with Crippen LogP contribution in [-0.2, 0) is 10.4 Å². The van der Waals surface area contributed by atoms with E-state index in [0.29, 0.717) is 26.2 Å². The van der Waals surface area contributed by atoms with Gasteiger partial charge < -0.3 is 44.2 Å². The monoisotopic (exact) mass is 840 g/mol. The first-order chi connectivity index (χ1) is 27.1. The Labute approximate surface area is 354 Å². The summed E-state index contributed by atoms with van der Waals surface area (Å²) in [7, 11) is -3.22. The molecule has 0 aliphatic carbocycles. The second-order valence-corrected chi connectivity index (χ2v) is 16.4. The number of nitrogens with one attached hydrogen (secondary N) is 4. The smallest absolute Gasteiger partial charge is 0.314 e. The number of likely N-dealkylation sites (N-methyl/N-ethyl adjacent to an activating group) is 1. The minimum Gasteiger partial charge on any atom is -0.759 e. The van der Waals surface area contributed by atoms with Crippen molar-refractivity contribution in [2.45, 2.75) is 172 Å². The van der Waals surface area contributed by atoms with Gasteiger partial charge in [0.1, 0.15) is 0 Å². The van der Waals surface area contributed by atoms with Gasteiger partial charge >= 0.3 is 12.1 Å². The highest BCUT2D eigenvalue weighted by Gasteiger charge is 2.25. The van der Waals surface area contributed by atoms with E-state index in [1.54, 1.807) is 0 Å². The highest BCUT2D eigenvalue weighted by molar-refractivity contribution is 7.79. The van der Waals surface area contributed by atoms with Gasteiger partial charge in [-0.1, -0.05) is 107 Å². The molecule has 0 saturated carbocycles. The van der Waals surface area contributed by atoms with Crippen molar-refractivity contribution in [3.8, 4) is 0 Å². The Morgan fingerprint density at radius 1 is 0.439 bits per heavy atom. The lowest BCUT2D eigenvalue weighted by molar-refractivity contribution is -0.929. The third-order valence-electron chi connectivity index (χ3n) is 10.1. The second kappa shape index (κ2) is 43.9. The first-order valence-corrected chi connectivity index (χ1v) is 24.5. The van der Waals surface area contributed by atoms with Crippen LogP contribution in [0.3, 0.4) is 0 Å². The molecular formula is C43H97N7O6S. The molecular weight excluding hydrogens is 743 g/mol. The van der Waals surface area contributed by atoms with Gasteiger partial charge in [-0.2, -0.15) is 0 Å². The molecule has 0 rings (SSSR count). The molecule has 0 aliphatic rings.